The third-order valence-corrected chi connectivity index (χ3v) is 5.68. The summed E-state index contributed by atoms with van der Waals surface area (Å²) >= 11 is 7.21. The average Bonchev–Trinajstić information content (AvgIpc) is 3.29. The van der Waals surface area contributed by atoms with Crippen molar-refractivity contribution in [1.82, 2.24) is 0 Å². The fourth-order valence-electron chi connectivity index (χ4n) is 3.26. The zero-order valence-corrected chi connectivity index (χ0v) is 16.2. The highest BCUT2D eigenvalue weighted by Gasteiger charge is 2.48. The van der Waals surface area contributed by atoms with E-state index in [4.69, 9.17) is 11.6 Å². The number of carbonyl (C=O) groups is 2. The van der Waals surface area contributed by atoms with E-state index >= 15 is 0 Å². The summed E-state index contributed by atoms with van der Waals surface area (Å²) in [5, 5.41) is 12.9. The Balaban J connectivity index is 1.95. The number of hydrogen-bond acceptors (Lipinski definition) is 4. The second-order valence-electron chi connectivity index (χ2n) is 6.29. The summed E-state index contributed by atoms with van der Waals surface area (Å²) in [7, 11) is 0. The van der Waals surface area contributed by atoms with Crippen molar-refractivity contribution < 1.29 is 23.5 Å². The van der Waals surface area contributed by atoms with Crippen LogP contribution in [0.1, 0.15) is 16.5 Å². The molecule has 0 spiro atoms. The lowest BCUT2D eigenvalue weighted by molar-refractivity contribution is -0.132. The van der Waals surface area contributed by atoms with Crippen molar-refractivity contribution in [3.8, 4) is 0 Å². The lowest BCUT2D eigenvalue weighted by Gasteiger charge is -2.24. The number of ketones is 1. The van der Waals surface area contributed by atoms with Gasteiger partial charge in [0.1, 0.15) is 23.4 Å². The van der Waals surface area contributed by atoms with Gasteiger partial charge in [0.2, 0.25) is 0 Å². The van der Waals surface area contributed by atoms with Crippen molar-refractivity contribution in [2.24, 2.45) is 0 Å². The highest BCUT2D eigenvalue weighted by atomic mass is 35.5. The molecule has 1 aliphatic rings. The minimum absolute atomic E-state index is 0.191. The number of benzene rings is 2. The van der Waals surface area contributed by atoms with E-state index in [0.29, 0.717) is 16.0 Å². The van der Waals surface area contributed by atoms with E-state index in [1.165, 1.54) is 17.4 Å². The number of anilines is 1. The van der Waals surface area contributed by atoms with Crippen molar-refractivity contribution in [2.45, 2.75) is 6.04 Å². The van der Waals surface area contributed by atoms with Crippen molar-refractivity contribution in [3.05, 3.63) is 92.6 Å². The van der Waals surface area contributed by atoms with E-state index < -0.39 is 35.1 Å². The Morgan fingerprint density at radius 1 is 1.07 bits per heavy atom. The van der Waals surface area contributed by atoms with Crippen LogP contribution in [0.3, 0.4) is 0 Å². The second kappa shape index (κ2) is 7.42. The maximum Gasteiger partial charge on any atom is 0.300 e. The minimum atomic E-state index is -1.06. The van der Waals surface area contributed by atoms with Gasteiger partial charge in [0.15, 0.2) is 0 Å². The third-order valence-electron chi connectivity index (χ3n) is 4.52. The zero-order valence-electron chi connectivity index (χ0n) is 14.6. The predicted molar refractivity (Wildman–Crippen MR) is 107 cm³/mol. The molecule has 0 bridgehead atoms. The maximum atomic E-state index is 14.5. The van der Waals surface area contributed by atoms with Crippen molar-refractivity contribution in [1.29, 1.82) is 0 Å². The molecule has 0 radical (unpaired) electrons. The molecule has 1 unspecified atom stereocenters. The SMILES string of the molecule is O=C1C(=O)N(c2ccc(F)cc2F)C(c2cccs2)/C1=C(/O)c1cccc(Cl)c1. The molecule has 1 aliphatic heterocycles. The maximum absolute atomic E-state index is 14.5. The molecule has 1 atom stereocenters. The number of aliphatic hydroxyl groups is 1. The Kier molecular flexibility index (Phi) is 4.94. The summed E-state index contributed by atoms with van der Waals surface area (Å²) in [5.74, 6) is -4.21. The second-order valence-corrected chi connectivity index (χ2v) is 7.71. The van der Waals surface area contributed by atoms with E-state index in [2.05, 4.69) is 0 Å². The quantitative estimate of drug-likeness (QED) is 0.347. The molecule has 1 saturated heterocycles. The Bertz CT molecular complexity index is 1160. The van der Waals surface area contributed by atoms with Crippen LogP contribution in [-0.2, 0) is 9.59 Å². The van der Waals surface area contributed by atoms with E-state index in [1.54, 1.807) is 35.7 Å². The number of rotatable bonds is 3. The van der Waals surface area contributed by atoms with Crippen LogP contribution in [0.2, 0.25) is 5.02 Å². The molecule has 4 rings (SSSR count). The summed E-state index contributed by atoms with van der Waals surface area (Å²) in [6, 6.07) is 11.2. The summed E-state index contributed by atoms with van der Waals surface area (Å²) < 4.78 is 27.9. The lowest BCUT2D eigenvalue weighted by atomic mass is 9.99. The molecule has 8 heteroatoms. The van der Waals surface area contributed by atoms with Gasteiger partial charge in [0.25, 0.3) is 11.7 Å². The molecule has 146 valence electrons. The van der Waals surface area contributed by atoms with Gasteiger partial charge in [-0.3, -0.25) is 14.5 Å². The van der Waals surface area contributed by atoms with Crippen LogP contribution in [0.25, 0.3) is 5.76 Å². The molecular formula is C21H12ClF2NO3S. The first-order chi connectivity index (χ1) is 13.9. The lowest BCUT2D eigenvalue weighted by Crippen LogP contribution is -2.30. The minimum Gasteiger partial charge on any atom is -0.507 e. The largest absolute Gasteiger partial charge is 0.507 e. The monoisotopic (exact) mass is 431 g/mol. The standard InChI is InChI=1S/C21H12ClF2NO3S/c22-12-4-1-3-11(9-12)19(26)17-18(16-5-2-8-29-16)25(21(28)20(17)27)15-7-6-13(23)10-14(15)24/h1-10,18,26H/b19-17-. The number of amides is 1. The van der Waals surface area contributed by atoms with Crippen LogP contribution >= 0.6 is 22.9 Å². The van der Waals surface area contributed by atoms with Crippen molar-refractivity contribution >= 4 is 46.1 Å². The molecule has 1 N–H and O–H groups in total. The van der Waals surface area contributed by atoms with Gasteiger partial charge in [-0.1, -0.05) is 29.8 Å². The number of thiophene rings is 1. The van der Waals surface area contributed by atoms with Crippen molar-refractivity contribution in [2.75, 3.05) is 4.90 Å². The fraction of sp³-hybridized carbons (Fsp3) is 0.0476. The number of halogens is 3. The molecule has 1 fully saturated rings. The highest BCUT2D eigenvalue weighted by Crippen LogP contribution is 2.44. The van der Waals surface area contributed by atoms with Crippen LogP contribution in [0, 0.1) is 11.6 Å². The molecule has 4 nitrogen and oxygen atoms in total. The molecule has 1 aromatic heterocycles. The summed E-state index contributed by atoms with van der Waals surface area (Å²) in [6.45, 7) is 0. The summed E-state index contributed by atoms with van der Waals surface area (Å²) in [4.78, 5) is 27.1. The van der Waals surface area contributed by atoms with E-state index in [9.17, 15) is 23.5 Å². The first kappa shape index (κ1) is 19.3. The van der Waals surface area contributed by atoms with E-state index in [-0.39, 0.29) is 16.8 Å². The van der Waals surface area contributed by atoms with Crippen LogP contribution in [0.15, 0.2) is 65.6 Å². The van der Waals surface area contributed by atoms with E-state index in [0.717, 1.165) is 17.0 Å². The molecule has 0 aliphatic carbocycles. The number of hydrogen-bond donors (Lipinski definition) is 1. The molecule has 1 amide bonds. The molecule has 0 saturated carbocycles. The topological polar surface area (TPSA) is 57.6 Å². The molecule has 29 heavy (non-hydrogen) atoms. The van der Waals surface area contributed by atoms with Gasteiger partial charge in [-0.05, 0) is 35.7 Å². The normalized spacial score (nSPS) is 18.4. The molecule has 2 aromatic carbocycles. The molecule has 2 heterocycles. The Labute approximate surface area is 173 Å². The first-order valence-corrected chi connectivity index (χ1v) is 9.69. The smallest absolute Gasteiger partial charge is 0.300 e. The Morgan fingerprint density at radius 2 is 1.86 bits per heavy atom. The van der Waals surface area contributed by atoms with Gasteiger partial charge in [-0.25, -0.2) is 8.78 Å². The number of Topliss-reactive ketones (excluding diaryl/α,β-unsaturated/α-hetero) is 1. The number of aliphatic hydroxyl groups excluding tert-OH is 1. The van der Waals surface area contributed by atoms with Crippen LogP contribution in [0.5, 0.6) is 0 Å². The summed E-state index contributed by atoms with van der Waals surface area (Å²) in [6.07, 6.45) is 0. The molecular weight excluding hydrogens is 420 g/mol. The van der Waals surface area contributed by atoms with Crippen LogP contribution < -0.4 is 4.90 Å². The molecule has 3 aromatic rings. The van der Waals surface area contributed by atoms with Gasteiger partial charge >= 0.3 is 0 Å². The highest BCUT2D eigenvalue weighted by molar-refractivity contribution is 7.10. The van der Waals surface area contributed by atoms with Crippen LogP contribution in [0.4, 0.5) is 14.5 Å². The number of carbonyl (C=O) groups excluding carboxylic acids is 2. The van der Waals surface area contributed by atoms with Crippen LogP contribution in [-0.4, -0.2) is 16.8 Å². The Hall–Kier alpha value is -3.03. The van der Waals surface area contributed by atoms with Gasteiger partial charge in [0, 0.05) is 21.5 Å². The number of nitrogens with zero attached hydrogens (tertiary/aromatic N) is 1. The van der Waals surface area contributed by atoms with E-state index in [1.807, 2.05) is 0 Å². The van der Waals surface area contributed by atoms with Gasteiger partial charge < -0.3 is 5.11 Å². The third kappa shape index (κ3) is 3.32. The average molecular weight is 432 g/mol. The zero-order chi connectivity index (χ0) is 20.7. The Morgan fingerprint density at radius 3 is 2.52 bits per heavy atom. The van der Waals surface area contributed by atoms with Gasteiger partial charge in [-0.2, -0.15) is 0 Å². The predicted octanol–water partition coefficient (Wildman–Crippen LogP) is 5.31. The van der Waals surface area contributed by atoms with Gasteiger partial charge in [-0.15, -0.1) is 11.3 Å². The van der Waals surface area contributed by atoms with Gasteiger partial charge in [0.05, 0.1) is 11.3 Å². The first-order valence-electron chi connectivity index (χ1n) is 8.44. The fourth-order valence-corrected chi connectivity index (χ4v) is 4.28. The van der Waals surface area contributed by atoms with Crippen molar-refractivity contribution in [3.63, 3.8) is 0 Å². The summed E-state index contributed by atoms with van der Waals surface area (Å²) in [5.41, 5.74) is -0.197.